The first-order chi connectivity index (χ1) is 16.4. The van der Waals surface area contributed by atoms with E-state index in [1.165, 1.54) is 0 Å². The Balaban J connectivity index is 1.44. The number of fused-ring (bicyclic) bond motifs is 2. The van der Waals surface area contributed by atoms with Crippen molar-refractivity contribution < 1.29 is 9.53 Å². The monoisotopic (exact) mass is 459 g/mol. The van der Waals surface area contributed by atoms with Crippen LogP contribution in [0.15, 0.2) is 42.6 Å². The molecule has 0 radical (unpaired) electrons. The molecular formula is C25H29N7O2. The molecule has 2 aliphatic rings. The predicted octanol–water partition coefficient (Wildman–Crippen LogP) is 3.62. The Kier molecular flexibility index (Phi) is 5.70. The van der Waals surface area contributed by atoms with E-state index >= 15 is 0 Å². The van der Waals surface area contributed by atoms with Gasteiger partial charge < -0.3 is 30.1 Å². The molecule has 5 rings (SSSR count). The van der Waals surface area contributed by atoms with Crippen molar-refractivity contribution in [3.05, 3.63) is 53.7 Å². The topological polar surface area (TPSA) is 85.9 Å². The number of piperazine rings is 1. The summed E-state index contributed by atoms with van der Waals surface area (Å²) in [5.74, 6) is 1.59. The van der Waals surface area contributed by atoms with Gasteiger partial charge in [0.2, 0.25) is 5.95 Å². The number of ether oxygens (including phenoxy) is 1. The second-order valence-corrected chi connectivity index (χ2v) is 8.71. The SMILES string of the molecule is COc1cc(N2CCN(C)CC2)ccc1Nc1ncc2c(n1)N(C)c1cccc(C)c1C(=O)N2. The van der Waals surface area contributed by atoms with Crippen LogP contribution < -0.4 is 25.2 Å². The van der Waals surface area contributed by atoms with Crippen LogP contribution in [0.5, 0.6) is 5.75 Å². The number of nitrogens with zero attached hydrogens (tertiary/aromatic N) is 5. The third kappa shape index (κ3) is 3.99. The van der Waals surface area contributed by atoms with Crippen LogP contribution in [0.1, 0.15) is 15.9 Å². The van der Waals surface area contributed by atoms with Crippen LogP contribution in [0.25, 0.3) is 0 Å². The second kappa shape index (κ2) is 8.83. The first kappa shape index (κ1) is 22.0. The van der Waals surface area contributed by atoms with Gasteiger partial charge in [-0.15, -0.1) is 0 Å². The highest BCUT2D eigenvalue weighted by Gasteiger charge is 2.26. The molecule has 0 aliphatic carbocycles. The van der Waals surface area contributed by atoms with Crippen LogP contribution in [-0.2, 0) is 0 Å². The number of hydrogen-bond donors (Lipinski definition) is 2. The maximum absolute atomic E-state index is 12.8. The Labute approximate surface area is 199 Å². The molecule has 0 bridgehead atoms. The first-order valence-electron chi connectivity index (χ1n) is 11.3. The van der Waals surface area contributed by atoms with Gasteiger partial charge in [-0.25, -0.2) is 4.98 Å². The highest BCUT2D eigenvalue weighted by molar-refractivity contribution is 6.12. The Morgan fingerprint density at radius 3 is 2.65 bits per heavy atom. The number of amides is 1. The summed E-state index contributed by atoms with van der Waals surface area (Å²) in [6.45, 7) is 5.98. The Morgan fingerprint density at radius 2 is 1.88 bits per heavy atom. The molecule has 34 heavy (non-hydrogen) atoms. The number of methoxy groups -OCH3 is 1. The maximum atomic E-state index is 12.8. The van der Waals surface area contributed by atoms with Crippen molar-refractivity contribution in [3.63, 3.8) is 0 Å². The van der Waals surface area contributed by atoms with E-state index in [0.29, 0.717) is 23.0 Å². The summed E-state index contributed by atoms with van der Waals surface area (Å²) in [5, 5.41) is 6.23. The molecule has 0 unspecified atom stereocenters. The molecule has 0 spiro atoms. The normalized spacial score (nSPS) is 15.8. The zero-order valence-corrected chi connectivity index (χ0v) is 19.9. The summed E-state index contributed by atoms with van der Waals surface area (Å²) in [5.41, 5.74) is 4.82. The fraction of sp³-hybridized carbons (Fsp3) is 0.320. The molecule has 1 fully saturated rings. The highest BCUT2D eigenvalue weighted by atomic mass is 16.5. The molecular weight excluding hydrogens is 430 g/mol. The number of nitrogens with one attached hydrogen (secondary N) is 2. The van der Waals surface area contributed by atoms with Crippen molar-refractivity contribution >= 4 is 40.4 Å². The van der Waals surface area contributed by atoms with E-state index in [2.05, 4.69) is 38.5 Å². The number of carbonyl (C=O) groups is 1. The van der Waals surface area contributed by atoms with Crippen molar-refractivity contribution in [1.82, 2.24) is 14.9 Å². The highest BCUT2D eigenvalue weighted by Crippen LogP contribution is 2.37. The van der Waals surface area contributed by atoms with E-state index in [1.807, 2.05) is 49.2 Å². The molecule has 3 heterocycles. The lowest BCUT2D eigenvalue weighted by Gasteiger charge is -2.34. The number of benzene rings is 2. The fourth-order valence-electron chi connectivity index (χ4n) is 4.47. The van der Waals surface area contributed by atoms with Crippen LogP contribution >= 0.6 is 0 Å². The van der Waals surface area contributed by atoms with Crippen LogP contribution in [0.2, 0.25) is 0 Å². The van der Waals surface area contributed by atoms with Gasteiger partial charge >= 0.3 is 0 Å². The quantitative estimate of drug-likeness (QED) is 0.612. The van der Waals surface area contributed by atoms with Gasteiger partial charge in [0.05, 0.1) is 30.2 Å². The maximum Gasteiger partial charge on any atom is 0.258 e. The van der Waals surface area contributed by atoms with Crippen molar-refractivity contribution in [3.8, 4) is 5.75 Å². The summed E-state index contributed by atoms with van der Waals surface area (Å²) >= 11 is 0. The van der Waals surface area contributed by atoms with E-state index in [9.17, 15) is 4.79 Å². The van der Waals surface area contributed by atoms with Crippen molar-refractivity contribution in [2.75, 3.05) is 67.8 Å². The molecule has 1 amide bonds. The van der Waals surface area contributed by atoms with E-state index in [0.717, 1.165) is 54.6 Å². The zero-order valence-electron chi connectivity index (χ0n) is 19.9. The lowest BCUT2D eigenvalue weighted by molar-refractivity contribution is 0.102. The molecule has 2 N–H and O–H groups in total. The zero-order chi connectivity index (χ0) is 23.8. The minimum Gasteiger partial charge on any atom is -0.494 e. The summed E-state index contributed by atoms with van der Waals surface area (Å²) in [6.07, 6.45) is 1.63. The summed E-state index contributed by atoms with van der Waals surface area (Å²) < 4.78 is 5.68. The van der Waals surface area contributed by atoms with E-state index in [-0.39, 0.29) is 5.91 Å². The minimum absolute atomic E-state index is 0.163. The Hall–Kier alpha value is -3.85. The molecule has 3 aromatic rings. The van der Waals surface area contributed by atoms with Crippen LogP contribution in [0.3, 0.4) is 0 Å². The predicted molar refractivity (Wildman–Crippen MR) is 135 cm³/mol. The Bertz CT molecular complexity index is 1240. The number of likely N-dealkylation sites (N-methyl/N-ethyl adjacent to an activating group) is 1. The standard InChI is InChI=1S/C25H29N7O2/c1-16-6-5-7-20-22(16)24(33)27-19-15-26-25(29-23(19)31(20)3)28-18-9-8-17(14-21(18)34-4)32-12-10-30(2)11-13-32/h5-9,14-15H,10-13H2,1-4H3,(H,27,33)(H,26,28,29). The summed E-state index contributed by atoms with van der Waals surface area (Å²) in [7, 11) is 5.71. The number of rotatable bonds is 4. The molecule has 1 aromatic heterocycles. The van der Waals surface area contributed by atoms with E-state index in [1.54, 1.807) is 13.3 Å². The Morgan fingerprint density at radius 1 is 1.09 bits per heavy atom. The van der Waals surface area contributed by atoms with E-state index in [4.69, 9.17) is 9.72 Å². The fourth-order valence-corrected chi connectivity index (χ4v) is 4.47. The smallest absolute Gasteiger partial charge is 0.258 e. The first-order valence-corrected chi connectivity index (χ1v) is 11.3. The van der Waals surface area contributed by atoms with E-state index < -0.39 is 0 Å². The molecule has 2 aliphatic heterocycles. The van der Waals surface area contributed by atoms with Gasteiger partial charge in [-0.1, -0.05) is 12.1 Å². The third-order valence-electron chi connectivity index (χ3n) is 6.47. The number of carbonyl (C=O) groups excluding carboxylic acids is 1. The largest absolute Gasteiger partial charge is 0.494 e. The average Bonchev–Trinajstić information content (AvgIpc) is 2.95. The van der Waals surface area contributed by atoms with Crippen molar-refractivity contribution in [2.24, 2.45) is 0 Å². The van der Waals surface area contributed by atoms with Gasteiger partial charge in [0.15, 0.2) is 5.82 Å². The molecule has 0 atom stereocenters. The van der Waals surface area contributed by atoms with Crippen LogP contribution in [0, 0.1) is 6.92 Å². The molecule has 0 saturated carbocycles. The van der Waals surface area contributed by atoms with Gasteiger partial charge in [-0.05, 0) is 37.7 Å². The minimum atomic E-state index is -0.163. The van der Waals surface area contributed by atoms with Crippen LogP contribution in [0.4, 0.5) is 34.5 Å². The third-order valence-corrected chi connectivity index (χ3v) is 6.47. The number of aryl methyl sites for hydroxylation is 1. The number of aromatic nitrogens is 2. The molecule has 176 valence electrons. The van der Waals surface area contributed by atoms with Crippen molar-refractivity contribution in [1.29, 1.82) is 0 Å². The molecule has 1 saturated heterocycles. The molecule has 9 nitrogen and oxygen atoms in total. The lowest BCUT2D eigenvalue weighted by atomic mass is 10.1. The number of anilines is 6. The van der Waals surface area contributed by atoms with Gasteiger partial charge in [-0.2, -0.15) is 4.98 Å². The molecule has 2 aromatic carbocycles. The van der Waals surface area contributed by atoms with Crippen molar-refractivity contribution in [2.45, 2.75) is 6.92 Å². The van der Waals surface area contributed by atoms with Gasteiger partial charge in [0.25, 0.3) is 5.91 Å². The lowest BCUT2D eigenvalue weighted by Crippen LogP contribution is -2.44. The molecule has 9 heteroatoms. The number of hydrogen-bond acceptors (Lipinski definition) is 8. The van der Waals surface area contributed by atoms with Crippen LogP contribution in [-0.4, -0.2) is 68.2 Å². The van der Waals surface area contributed by atoms with Gasteiger partial charge in [0.1, 0.15) is 11.4 Å². The second-order valence-electron chi connectivity index (χ2n) is 8.71. The van der Waals surface area contributed by atoms with Gasteiger partial charge in [-0.3, -0.25) is 4.79 Å². The summed E-state index contributed by atoms with van der Waals surface area (Å²) in [4.78, 5) is 28.6. The van der Waals surface area contributed by atoms with Gasteiger partial charge in [0, 0.05) is 45.0 Å². The average molecular weight is 460 g/mol. The summed E-state index contributed by atoms with van der Waals surface area (Å²) in [6, 6.07) is 11.9.